The third kappa shape index (κ3) is 2.44. The first-order chi connectivity index (χ1) is 11.3. The van der Waals surface area contributed by atoms with Crippen molar-refractivity contribution in [3.63, 3.8) is 0 Å². The van der Waals surface area contributed by atoms with Crippen molar-refractivity contribution >= 4 is 38.4 Å². The molecule has 4 aromatic rings. The van der Waals surface area contributed by atoms with Crippen LogP contribution in [0.1, 0.15) is 12.5 Å². The number of ether oxygens (including phenoxy) is 1. The lowest BCUT2D eigenvalue weighted by molar-refractivity contribution is 0.341. The van der Waals surface area contributed by atoms with Gasteiger partial charge in [-0.3, -0.25) is 0 Å². The molecule has 4 aromatic carbocycles. The van der Waals surface area contributed by atoms with Crippen LogP contribution in [0.4, 0.5) is 0 Å². The Morgan fingerprint density at radius 2 is 1.30 bits per heavy atom. The summed E-state index contributed by atoms with van der Waals surface area (Å²) in [6.45, 7) is 6.55. The molecular formula is C22H18O. The molecule has 0 fully saturated rings. The molecule has 0 radical (unpaired) electrons. The van der Waals surface area contributed by atoms with Crippen LogP contribution in [-0.2, 0) is 0 Å². The zero-order chi connectivity index (χ0) is 15.8. The first kappa shape index (κ1) is 13.8. The van der Waals surface area contributed by atoms with Crippen molar-refractivity contribution in [3.05, 3.63) is 72.8 Å². The van der Waals surface area contributed by atoms with Crippen LogP contribution in [0.3, 0.4) is 0 Å². The number of hydrogen-bond acceptors (Lipinski definition) is 1. The summed E-state index contributed by atoms with van der Waals surface area (Å²) in [4.78, 5) is 0. The average molecular weight is 298 g/mol. The molecule has 0 aliphatic carbocycles. The molecule has 0 aliphatic heterocycles. The smallest absolute Gasteiger partial charge is 0.119 e. The average Bonchev–Trinajstić information content (AvgIpc) is 2.58. The van der Waals surface area contributed by atoms with Crippen molar-refractivity contribution in [1.82, 2.24) is 0 Å². The summed E-state index contributed by atoms with van der Waals surface area (Å²) in [7, 11) is 0. The van der Waals surface area contributed by atoms with E-state index in [0.29, 0.717) is 6.61 Å². The predicted molar refractivity (Wildman–Crippen MR) is 100 cm³/mol. The lowest BCUT2D eigenvalue weighted by atomic mass is 9.98. The molecule has 112 valence electrons. The Morgan fingerprint density at radius 3 is 1.96 bits per heavy atom. The van der Waals surface area contributed by atoms with Gasteiger partial charge in [0, 0.05) is 0 Å². The van der Waals surface area contributed by atoms with Gasteiger partial charge < -0.3 is 4.74 Å². The number of hydrogen-bond donors (Lipinski definition) is 0. The van der Waals surface area contributed by atoms with E-state index in [-0.39, 0.29) is 0 Å². The second-order valence-corrected chi connectivity index (χ2v) is 5.80. The highest BCUT2D eigenvalue weighted by Gasteiger charge is 2.03. The molecule has 0 unspecified atom stereocenters. The second kappa shape index (κ2) is 5.44. The third-order valence-electron chi connectivity index (χ3n) is 4.29. The first-order valence-corrected chi connectivity index (χ1v) is 7.93. The van der Waals surface area contributed by atoms with Crippen molar-refractivity contribution in [1.29, 1.82) is 0 Å². The predicted octanol–water partition coefficient (Wildman–Crippen LogP) is 6.19. The van der Waals surface area contributed by atoms with Gasteiger partial charge in [-0.1, -0.05) is 30.9 Å². The Bertz CT molecular complexity index is 1040. The molecule has 0 atom stereocenters. The Kier molecular flexibility index (Phi) is 3.27. The fourth-order valence-electron chi connectivity index (χ4n) is 3.13. The first-order valence-electron chi connectivity index (χ1n) is 7.93. The summed E-state index contributed by atoms with van der Waals surface area (Å²) in [5, 5.41) is 7.47. The van der Waals surface area contributed by atoms with Crippen molar-refractivity contribution < 1.29 is 4.74 Å². The highest BCUT2D eigenvalue weighted by atomic mass is 16.5. The van der Waals surface area contributed by atoms with E-state index in [1.807, 2.05) is 19.1 Å². The highest BCUT2D eigenvalue weighted by Crippen LogP contribution is 2.30. The van der Waals surface area contributed by atoms with Gasteiger partial charge in [0.25, 0.3) is 0 Å². The number of benzene rings is 4. The van der Waals surface area contributed by atoms with Crippen LogP contribution in [0.15, 0.2) is 67.2 Å². The van der Waals surface area contributed by atoms with Gasteiger partial charge in [0.05, 0.1) is 6.61 Å². The van der Waals surface area contributed by atoms with Crippen molar-refractivity contribution in [2.75, 3.05) is 6.61 Å². The van der Waals surface area contributed by atoms with Gasteiger partial charge in [0.1, 0.15) is 5.75 Å². The Morgan fingerprint density at radius 1 is 0.739 bits per heavy atom. The maximum absolute atomic E-state index is 5.61. The van der Waals surface area contributed by atoms with E-state index in [0.717, 1.165) is 11.3 Å². The molecule has 0 aromatic heterocycles. The lowest BCUT2D eigenvalue weighted by Crippen LogP contribution is -1.90. The van der Waals surface area contributed by atoms with Gasteiger partial charge in [-0.25, -0.2) is 0 Å². The largest absolute Gasteiger partial charge is 0.494 e. The van der Waals surface area contributed by atoms with Gasteiger partial charge in [0.2, 0.25) is 0 Å². The van der Waals surface area contributed by atoms with Crippen molar-refractivity contribution in [3.8, 4) is 5.75 Å². The summed E-state index contributed by atoms with van der Waals surface area (Å²) in [5.41, 5.74) is 1.15. The third-order valence-corrected chi connectivity index (χ3v) is 4.29. The second-order valence-electron chi connectivity index (χ2n) is 5.80. The molecule has 4 rings (SSSR count). The fraction of sp³-hybridized carbons (Fsp3) is 0.0909. The van der Waals surface area contributed by atoms with Crippen molar-refractivity contribution in [2.24, 2.45) is 0 Å². The molecule has 1 heteroatoms. The molecule has 0 bridgehead atoms. The number of fused-ring (bicyclic) bond motifs is 3. The monoisotopic (exact) mass is 298 g/mol. The zero-order valence-corrected chi connectivity index (χ0v) is 13.2. The van der Waals surface area contributed by atoms with Crippen LogP contribution in [0.2, 0.25) is 0 Å². The Balaban J connectivity index is 1.97. The lowest BCUT2D eigenvalue weighted by Gasteiger charge is -2.08. The summed E-state index contributed by atoms with van der Waals surface area (Å²) in [6, 6.07) is 21.7. The molecule has 1 nitrogen and oxygen atoms in total. The van der Waals surface area contributed by atoms with E-state index in [1.165, 1.54) is 32.3 Å². The minimum atomic E-state index is 0.690. The van der Waals surface area contributed by atoms with Crippen LogP contribution >= 0.6 is 0 Å². The SMILES string of the molecule is C=Cc1ccc2cc3cc4cc(OCC)ccc4cc3cc2c1. The zero-order valence-electron chi connectivity index (χ0n) is 13.2. The van der Waals surface area contributed by atoms with E-state index in [4.69, 9.17) is 4.74 Å². The molecule has 0 amide bonds. The van der Waals surface area contributed by atoms with Crippen LogP contribution in [-0.4, -0.2) is 6.61 Å². The summed E-state index contributed by atoms with van der Waals surface area (Å²) >= 11 is 0. The quantitative estimate of drug-likeness (QED) is 0.410. The Labute approximate surface area is 135 Å². The van der Waals surface area contributed by atoms with Gasteiger partial charge in [0.15, 0.2) is 0 Å². The van der Waals surface area contributed by atoms with Gasteiger partial charge >= 0.3 is 0 Å². The van der Waals surface area contributed by atoms with Crippen LogP contribution in [0, 0.1) is 0 Å². The Hall–Kier alpha value is -2.80. The standard InChI is InChI=1S/C22H18O/c1-3-15-5-6-16-10-20-13-21-14-22(23-4-2)8-7-17(21)11-19(20)12-18(16)9-15/h3,5-14H,1,4H2,2H3. The normalized spacial score (nSPS) is 11.2. The van der Waals surface area contributed by atoms with Crippen molar-refractivity contribution in [2.45, 2.75) is 6.92 Å². The summed E-state index contributed by atoms with van der Waals surface area (Å²) < 4.78 is 5.61. The van der Waals surface area contributed by atoms with E-state index in [1.54, 1.807) is 0 Å². The van der Waals surface area contributed by atoms with Gasteiger partial charge in [-0.2, -0.15) is 0 Å². The van der Waals surface area contributed by atoms with E-state index in [9.17, 15) is 0 Å². The molecule has 0 saturated heterocycles. The van der Waals surface area contributed by atoms with E-state index in [2.05, 4.69) is 61.2 Å². The minimum Gasteiger partial charge on any atom is -0.494 e. The maximum Gasteiger partial charge on any atom is 0.119 e. The molecule has 0 N–H and O–H groups in total. The van der Waals surface area contributed by atoms with Gasteiger partial charge in [-0.15, -0.1) is 0 Å². The van der Waals surface area contributed by atoms with E-state index >= 15 is 0 Å². The van der Waals surface area contributed by atoms with Gasteiger partial charge in [-0.05, 0) is 87.3 Å². The molecule has 23 heavy (non-hydrogen) atoms. The minimum absolute atomic E-state index is 0.690. The molecule has 0 saturated carbocycles. The van der Waals surface area contributed by atoms with Crippen LogP contribution in [0.25, 0.3) is 38.4 Å². The van der Waals surface area contributed by atoms with Crippen LogP contribution < -0.4 is 4.74 Å². The molecule has 0 aliphatic rings. The summed E-state index contributed by atoms with van der Waals surface area (Å²) in [6.07, 6.45) is 1.89. The fourth-order valence-corrected chi connectivity index (χ4v) is 3.13. The van der Waals surface area contributed by atoms with Crippen LogP contribution in [0.5, 0.6) is 5.75 Å². The molecule has 0 heterocycles. The summed E-state index contributed by atoms with van der Waals surface area (Å²) in [5.74, 6) is 0.927. The maximum atomic E-state index is 5.61. The molecule has 0 spiro atoms. The topological polar surface area (TPSA) is 9.23 Å². The number of rotatable bonds is 3. The molecular weight excluding hydrogens is 280 g/mol. The highest BCUT2D eigenvalue weighted by molar-refractivity contribution is 6.05. The van der Waals surface area contributed by atoms with E-state index < -0.39 is 0 Å².